The number of rotatable bonds is 3. The summed E-state index contributed by atoms with van der Waals surface area (Å²) in [5.74, 6) is -1.11. The predicted molar refractivity (Wildman–Crippen MR) is 243 cm³/mol. The third-order valence-corrected chi connectivity index (χ3v) is 21.6. The molecule has 0 amide bonds. The number of carbonyl (C=O) groups excluding carboxylic acids is 2. The first-order valence-corrected chi connectivity index (χ1v) is 25.1. The number of fused-ring (bicyclic) bond motifs is 4. The van der Waals surface area contributed by atoms with Crippen LogP contribution in [-0.2, 0) is 19.1 Å². The van der Waals surface area contributed by atoms with Gasteiger partial charge < -0.3 is 9.47 Å². The number of ether oxygens (including phenoxy) is 2. The molecule has 5 heterocycles. The molecule has 10 rings (SSSR count). The molecule has 1 aliphatic carbocycles. The van der Waals surface area contributed by atoms with E-state index in [1.54, 1.807) is 0 Å². The number of thioether (sulfide) groups is 10. The van der Waals surface area contributed by atoms with Crippen molar-refractivity contribution in [1.82, 2.24) is 0 Å². The van der Waals surface area contributed by atoms with Crippen molar-refractivity contribution in [2.75, 3.05) is 14.2 Å². The van der Waals surface area contributed by atoms with Crippen LogP contribution in [-0.4, -0.2) is 26.2 Å². The molecule has 0 spiro atoms. The van der Waals surface area contributed by atoms with Crippen LogP contribution in [0, 0.1) is 0 Å². The van der Waals surface area contributed by atoms with E-state index >= 15 is 0 Å². The van der Waals surface area contributed by atoms with Crippen molar-refractivity contribution in [3.8, 4) is 0 Å². The van der Waals surface area contributed by atoms with E-state index in [1.807, 2.05) is 94.1 Å². The van der Waals surface area contributed by atoms with Gasteiger partial charge in [-0.05, 0) is 60.2 Å². The van der Waals surface area contributed by atoms with Crippen LogP contribution < -0.4 is 0 Å². The van der Waals surface area contributed by atoms with Crippen molar-refractivity contribution < 1.29 is 19.1 Å². The van der Waals surface area contributed by atoms with Gasteiger partial charge in [-0.3, -0.25) is 0 Å². The molecule has 4 nitrogen and oxygen atoms in total. The molecule has 4 aromatic rings. The maximum Gasteiger partial charge on any atom is 0.346 e. The van der Waals surface area contributed by atoms with Crippen LogP contribution in [0.15, 0.2) is 207 Å². The Balaban J connectivity index is 1.24. The minimum atomic E-state index is -0.554. The first-order chi connectivity index (χ1) is 27.5. The van der Waals surface area contributed by atoms with Crippen molar-refractivity contribution >= 4 is 130 Å². The van der Waals surface area contributed by atoms with E-state index in [1.165, 1.54) is 116 Å². The van der Waals surface area contributed by atoms with Gasteiger partial charge in [-0.1, -0.05) is 172 Å². The molecule has 0 atom stereocenters. The zero-order valence-corrected chi connectivity index (χ0v) is 37.3. The SMILES string of the molecule is COC(=O)C1=C(C(=O)OC)SC(=CC=C2C(=C3Sc4ccccc4S3)C(=C3Sc4ccccc4S3)C(=C3Sc4ccccc4S3)C2=C2Sc3ccccc3S2)S1. The van der Waals surface area contributed by atoms with Crippen molar-refractivity contribution in [3.63, 3.8) is 0 Å². The summed E-state index contributed by atoms with van der Waals surface area (Å²) in [5.41, 5.74) is 6.03. The maximum atomic E-state index is 12.9. The van der Waals surface area contributed by atoms with Crippen LogP contribution in [0.1, 0.15) is 0 Å². The summed E-state index contributed by atoms with van der Waals surface area (Å²) in [6.45, 7) is 0. The summed E-state index contributed by atoms with van der Waals surface area (Å²) in [4.78, 5) is 36.3. The van der Waals surface area contributed by atoms with E-state index in [0.29, 0.717) is 0 Å². The molecule has 0 aromatic heterocycles. The highest BCUT2D eigenvalue weighted by molar-refractivity contribution is 8.29. The third kappa shape index (κ3) is 6.85. The standard InChI is InChI=1S/C42H24O4S10/c1-45-37(43)35-36(38(44)46-2)56-30(55-35)20-19-21-31(39-47-22-11-3-4-12-23(22)48-39)33(41-51-26-15-7-8-16-27(26)52-41)34(42-53-28-17-9-10-18-29(28)54-42)32(21)40-49-24-13-5-6-14-25(24)50-40/h3-20H,1-2H3. The number of carbonyl (C=O) groups is 2. The Morgan fingerprint density at radius 1 is 0.393 bits per heavy atom. The normalized spacial score (nSPS) is 18.2. The first-order valence-electron chi connectivity index (χ1n) is 16.9. The van der Waals surface area contributed by atoms with Gasteiger partial charge in [0.1, 0.15) is 9.81 Å². The van der Waals surface area contributed by atoms with Crippen LogP contribution in [0.2, 0.25) is 0 Å². The number of esters is 2. The molecule has 14 heteroatoms. The molecule has 0 N–H and O–H groups in total. The Morgan fingerprint density at radius 3 is 0.929 bits per heavy atom. The van der Waals surface area contributed by atoms with Gasteiger partial charge in [0.2, 0.25) is 0 Å². The first kappa shape index (κ1) is 37.7. The second-order valence-electron chi connectivity index (χ2n) is 12.2. The highest BCUT2D eigenvalue weighted by Gasteiger charge is 2.44. The number of methoxy groups -OCH3 is 2. The molecule has 276 valence electrons. The van der Waals surface area contributed by atoms with Gasteiger partial charge in [-0.25, -0.2) is 9.59 Å². The highest BCUT2D eigenvalue weighted by atomic mass is 32.2. The largest absolute Gasteiger partial charge is 0.465 e. The van der Waals surface area contributed by atoms with Crippen molar-refractivity contribution in [1.29, 1.82) is 0 Å². The third-order valence-electron chi connectivity index (χ3n) is 8.86. The lowest BCUT2D eigenvalue weighted by molar-refractivity contribution is -0.138. The molecule has 0 radical (unpaired) electrons. The maximum absolute atomic E-state index is 12.9. The molecular formula is C42H24O4S10. The molecule has 0 saturated heterocycles. The average Bonchev–Trinajstić information content (AvgIpc) is 4.08. The zero-order chi connectivity index (χ0) is 37.9. The summed E-state index contributed by atoms with van der Waals surface area (Å²) >= 11 is 17.3. The quantitative estimate of drug-likeness (QED) is 0.183. The van der Waals surface area contributed by atoms with Crippen molar-refractivity contribution in [2.45, 2.75) is 39.2 Å². The van der Waals surface area contributed by atoms with Crippen LogP contribution in [0.3, 0.4) is 0 Å². The molecule has 56 heavy (non-hydrogen) atoms. The summed E-state index contributed by atoms with van der Waals surface area (Å²) in [6, 6.07) is 34.6. The average molecular weight is 913 g/mol. The van der Waals surface area contributed by atoms with Gasteiger partial charge in [0.15, 0.2) is 0 Å². The van der Waals surface area contributed by atoms with E-state index in [4.69, 9.17) is 9.47 Å². The summed E-state index contributed by atoms with van der Waals surface area (Å²) in [5, 5.41) is 0. The Morgan fingerprint density at radius 2 is 0.661 bits per heavy atom. The molecule has 6 aliphatic rings. The van der Waals surface area contributed by atoms with Crippen LogP contribution in [0.25, 0.3) is 0 Å². The Bertz CT molecular complexity index is 2380. The number of hydrogen-bond acceptors (Lipinski definition) is 14. The number of hydrogen-bond donors (Lipinski definition) is 0. The van der Waals surface area contributed by atoms with Gasteiger partial charge in [-0.2, -0.15) is 0 Å². The topological polar surface area (TPSA) is 52.6 Å². The van der Waals surface area contributed by atoms with E-state index in [0.717, 1.165) is 9.81 Å². The predicted octanol–water partition coefficient (Wildman–Crippen LogP) is 14.2. The lowest BCUT2D eigenvalue weighted by Crippen LogP contribution is -2.08. The smallest absolute Gasteiger partial charge is 0.346 e. The molecular weight excluding hydrogens is 889 g/mol. The van der Waals surface area contributed by atoms with E-state index in [2.05, 4.69) is 109 Å². The minimum Gasteiger partial charge on any atom is -0.465 e. The second kappa shape index (κ2) is 15.9. The van der Waals surface area contributed by atoms with Gasteiger partial charge in [0.25, 0.3) is 0 Å². The molecule has 0 bridgehead atoms. The lowest BCUT2D eigenvalue weighted by Gasteiger charge is -2.12. The van der Waals surface area contributed by atoms with Crippen LogP contribution in [0.4, 0.5) is 0 Å². The molecule has 1 saturated carbocycles. The highest BCUT2D eigenvalue weighted by Crippen LogP contribution is 2.68. The molecule has 5 aliphatic heterocycles. The van der Waals surface area contributed by atoms with Gasteiger partial charge in [0, 0.05) is 61.5 Å². The van der Waals surface area contributed by atoms with Crippen LogP contribution in [0.5, 0.6) is 0 Å². The van der Waals surface area contributed by atoms with Crippen molar-refractivity contribution in [3.05, 3.63) is 168 Å². The minimum absolute atomic E-state index is 0.242. The molecule has 0 unspecified atom stereocenters. The van der Waals surface area contributed by atoms with Gasteiger partial charge in [0.05, 0.1) is 35.4 Å². The van der Waals surface area contributed by atoms with E-state index in [9.17, 15) is 9.59 Å². The molecule has 1 fully saturated rings. The number of benzene rings is 4. The van der Waals surface area contributed by atoms with Gasteiger partial charge in [-0.15, -0.1) is 0 Å². The van der Waals surface area contributed by atoms with E-state index < -0.39 is 11.9 Å². The monoisotopic (exact) mass is 912 g/mol. The van der Waals surface area contributed by atoms with E-state index in [-0.39, 0.29) is 9.81 Å². The lowest BCUT2D eigenvalue weighted by atomic mass is 10.1. The summed E-state index contributed by atoms with van der Waals surface area (Å²) in [6.07, 6.45) is 4.27. The Labute approximate surface area is 366 Å². The summed E-state index contributed by atoms with van der Waals surface area (Å²) in [7, 11) is 2.66. The second-order valence-corrected chi connectivity index (χ2v) is 24.0. The summed E-state index contributed by atoms with van der Waals surface area (Å²) < 4.78 is 15.9. The number of allylic oxidation sites excluding steroid dienone is 7. The fourth-order valence-corrected chi connectivity index (χ4v) is 19.1. The van der Waals surface area contributed by atoms with Crippen LogP contribution >= 0.6 is 118 Å². The fraction of sp³-hybridized carbons (Fsp3) is 0.0476. The Kier molecular flexibility index (Phi) is 10.7. The molecule has 4 aromatic carbocycles. The fourth-order valence-electron chi connectivity index (χ4n) is 6.40. The zero-order valence-electron chi connectivity index (χ0n) is 29.1. The Hall–Kier alpha value is -2.50. The van der Waals surface area contributed by atoms with Crippen molar-refractivity contribution in [2.24, 2.45) is 0 Å². The van der Waals surface area contributed by atoms with Gasteiger partial charge >= 0.3 is 11.9 Å².